The number of nitrogens with zero attached hydrogens (tertiary/aromatic N) is 3. The minimum absolute atomic E-state index is 0.207. The van der Waals surface area contributed by atoms with Gasteiger partial charge >= 0.3 is 6.09 Å². The lowest BCUT2D eigenvalue weighted by Gasteiger charge is -2.29. The van der Waals surface area contributed by atoms with Gasteiger partial charge in [-0.15, -0.1) is 0 Å². The van der Waals surface area contributed by atoms with Gasteiger partial charge < -0.3 is 15.0 Å². The predicted molar refractivity (Wildman–Crippen MR) is 105 cm³/mol. The molecule has 1 aromatic heterocycles. The number of likely N-dealkylation sites (tertiary alicyclic amines) is 1. The van der Waals surface area contributed by atoms with Gasteiger partial charge in [-0.05, 0) is 58.9 Å². The monoisotopic (exact) mass is 374 g/mol. The van der Waals surface area contributed by atoms with Crippen molar-refractivity contribution < 1.29 is 14.3 Å². The third-order valence-corrected chi connectivity index (χ3v) is 4.90. The van der Waals surface area contributed by atoms with Crippen LogP contribution in [-0.2, 0) is 9.53 Å². The highest BCUT2D eigenvalue weighted by Crippen LogP contribution is 2.24. The largest absolute Gasteiger partial charge is 0.444 e. The normalized spacial score (nSPS) is 20.5. The van der Waals surface area contributed by atoms with Crippen molar-refractivity contribution in [3.05, 3.63) is 18.3 Å². The molecule has 3 rings (SSSR count). The van der Waals surface area contributed by atoms with Crippen LogP contribution in [0, 0.1) is 0 Å². The zero-order chi connectivity index (χ0) is 19.4. The number of hydrogen-bond acceptors (Lipinski definition) is 5. The summed E-state index contributed by atoms with van der Waals surface area (Å²) in [7, 11) is 0. The summed E-state index contributed by atoms with van der Waals surface area (Å²) in [6, 6.07) is 3.37. The van der Waals surface area contributed by atoms with Crippen LogP contribution in [0.3, 0.4) is 0 Å². The average molecular weight is 374 g/mol. The van der Waals surface area contributed by atoms with Gasteiger partial charge in [0.25, 0.3) is 0 Å². The minimum Gasteiger partial charge on any atom is -0.444 e. The number of rotatable bonds is 3. The van der Waals surface area contributed by atoms with Gasteiger partial charge in [-0.3, -0.25) is 9.69 Å². The summed E-state index contributed by atoms with van der Waals surface area (Å²) in [6.45, 7) is 8.08. The molecule has 148 valence electrons. The molecule has 2 amide bonds. The predicted octanol–water partition coefficient (Wildman–Crippen LogP) is 3.41. The third kappa shape index (κ3) is 5.11. The molecule has 0 aromatic carbocycles. The number of carbonyl (C=O) groups is 2. The Balaban J connectivity index is 1.65. The first-order chi connectivity index (χ1) is 12.8. The zero-order valence-electron chi connectivity index (χ0n) is 16.5. The summed E-state index contributed by atoms with van der Waals surface area (Å²) < 4.78 is 5.44. The maximum Gasteiger partial charge on any atom is 0.410 e. The van der Waals surface area contributed by atoms with E-state index in [1.54, 1.807) is 6.20 Å². The lowest BCUT2D eigenvalue weighted by atomic mass is 10.1. The van der Waals surface area contributed by atoms with Crippen LogP contribution in [0.2, 0.25) is 0 Å². The molecule has 7 nitrogen and oxygen atoms in total. The fourth-order valence-corrected chi connectivity index (χ4v) is 3.62. The van der Waals surface area contributed by atoms with Crippen molar-refractivity contribution in [3.8, 4) is 0 Å². The Hall–Kier alpha value is -2.31. The van der Waals surface area contributed by atoms with Gasteiger partial charge in [0, 0.05) is 37.6 Å². The van der Waals surface area contributed by atoms with Gasteiger partial charge in [0.05, 0.1) is 0 Å². The summed E-state index contributed by atoms with van der Waals surface area (Å²) in [6.07, 6.45) is 6.37. The molecular formula is C20H30N4O3. The molecule has 0 saturated carbocycles. The maximum absolute atomic E-state index is 12.8. The van der Waals surface area contributed by atoms with Crippen LogP contribution in [0.15, 0.2) is 18.3 Å². The van der Waals surface area contributed by atoms with Crippen LogP contribution in [-0.4, -0.2) is 53.2 Å². The van der Waals surface area contributed by atoms with E-state index in [4.69, 9.17) is 4.74 Å². The van der Waals surface area contributed by atoms with Gasteiger partial charge in [-0.1, -0.05) is 0 Å². The summed E-state index contributed by atoms with van der Waals surface area (Å²) in [5.74, 6) is 0.320. The van der Waals surface area contributed by atoms with Gasteiger partial charge in [0.1, 0.15) is 17.5 Å². The van der Waals surface area contributed by atoms with Gasteiger partial charge in [-0.25, -0.2) is 9.78 Å². The number of piperidine rings is 1. The van der Waals surface area contributed by atoms with Crippen molar-refractivity contribution in [3.63, 3.8) is 0 Å². The Labute approximate surface area is 161 Å². The van der Waals surface area contributed by atoms with Crippen molar-refractivity contribution in [2.75, 3.05) is 29.9 Å². The van der Waals surface area contributed by atoms with E-state index in [1.165, 1.54) is 24.2 Å². The molecule has 2 aliphatic heterocycles. The summed E-state index contributed by atoms with van der Waals surface area (Å²) in [5, 5.41) is 2.88. The molecule has 7 heteroatoms. The van der Waals surface area contributed by atoms with Crippen LogP contribution in [0.1, 0.15) is 52.9 Å². The molecule has 2 saturated heterocycles. The van der Waals surface area contributed by atoms with Crippen molar-refractivity contribution in [2.24, 2.45) is 0 Å². The van der Waals surface area contributed by atoms with E-state index in [0.717, 1.165) is 25.2 Å². The molecule has 2 aliphatic rings. The Morgan fingerprint density at radius 2 is 1.89 bits per heavy atom. The van der Waals surface area contributed by atoms with Crippen LogP contribution in [0.5, 0.6) is 0 Å². The highest BCUT2D eigenvalue weighted by Gasteiger charge is 2.36. The standard InChI is InChI=1S/C20H30N4O3/c1-20(2,3)27-19(26)24-13-7-8-16(24)18(25)22-17-14-15(9-10-21-17)23-11-5-4-6-12-23/h9-10,14,16H,4-8,11-13H2,1-3H3,(H,21,22,25)/t16-/m0/s1. The Morgan fingerprint density at radius 1 is 1.15 bits per heavy atom. The molecule has 1 atom stereocenters. The highest BCUT2D eigenvalue weighted by atomic mass is 16.6. The van der Waals surface area contributed by atoms with Crippen molar-refractivity contribution in [2.45, 2.75) is 64.5 Å². The number of anilines is 2. The van der Waals surface area contributed by atoms with Gasteiger partial charge in [0.2, 0.25) is 5.91 Å². The Morgan fingerprint density at radius 3 is 2.59 bits per heavy atom. The van der Waals surface area contributed by atoms with E-state index < -0.39 is 17.7 Å². The van der Waals surface area contributed by atoms with E-state index in [2.05, 4.69) is 15.2 Å². The molecule has 0 radical (unpaired) electrons. The van der Waals surface area contributed by atoms with Crippen molar-refractivity contribution in [1.82, 2.24) is 9.88 Å². The number of amides is 2. The van der Waals surface area contributed by atoms with Crippen LogP contribution in [0.25, 0.3) is 0 Å². The quantitative estimate of drug-likeness (QED) is 0.877. The van der Waals surface area contributed by atoms with Crippen molar-refractivity contribution in [1.29, 1.82) is 0 Å². The topological polar surface area (TPSA) is 74.8 Å². The van der Waals surface area contributed by atoms with Crippen LogP contribution in [0.4, 0.5) is 16.3 Å². The summed E-state index contributed by atoms with van der Waals surface area (Å²) >= 11 is 0. The fraction of sp³-hybridized carbons (Fsp3) is 0.650. The molecule has 0 unspecified atom stereocenters. The molecule has 0 aliphatic carbocycles. The Kier molecular flexibility index (Phi) is 5.87. The van der Waals surface area contributed by atoms with Crippen molar-refractivity contribution >= 4 is 23.5 Å². The maximum atomic E-state index is 12.8. The number of ether oxygens (including phenoxy) is 1. The molecule has 0 spiro atoms. The summed E-state index contributed by atoms with van der Waals surface area (Å²) in [4.78, 5) is 33.3. The lowest BCUT2D eigenvalue weighted by molar-refractivity contribution is -0.120. The van der Waals surface area contributed by atoms with E-state index in [1.807, 2.05) is 32.9 Å². The average Bonchev–Trinajstić information content (AvgIpc) is 3.11. The number of pyridine rings is 1. The number of nitrogens with one attached hydrogen (secondary N) is 1. The smallest absolute Gasteiger partial charge is 0.410 e. The molecule has 1 aromatic rings. The van der Waals surface area contributed by atoms with Crippen LogP contribution < -0.4 is 10.2 Å². The van der Waals surface area contributed by atoms with Gasteiger partial charge in [0.15, 0.2) is 0 Å². The first-order valence-corrected chi connectivity index (χ1v) is 9.85. The molecule has 3 heterocycles. The third-order valence-electron chi connectivity index (χ3n) is 4.90. The molecule has 0 bridgehead atoms. The summed E-state index contributed by atoms with van der Waals surface area (Å²) in [5.41, 5.74) is 0.501. The fourth-order valence-electron chi connectivity index (χ4n) is 3.62. The first-order valence-electron chi connectivity index (χ1n) is 9.85. The van der Waals surface area contributed by atoms with E-state index in [-0.39, 0.29) is 5.91 Å². The number of aromatic nitrogens is 1. The molecule has 1 N–H and O–H groups in total. The molecule has 27 heavy (non-hydrogen) atoms. The minimum atomic E-state index is -0.578. The number of carbonyl (C=O) groups excluding carboxylic acids is 2. The number of hydrogen-bond donors (Lipinski definition) is 1. The van der Waals surface area contributed by atoms with E-state index in [0.29, 0.717) is 18.8 Å². The highest BCUT2D eigenvalue weighted by molar-refractivity contribution is 5.96. The van der Waals surface area contributed by atoms with E-state index in [9.17, 15) is 9.59 Å². The molecular weight excluding hydrogens is 344 g/mol. The molecule has 2 fully saturated rings. The second kappa shape index (κ2) is 8.15. The first kappa shape index (κ1) is 19.5. The zero-order valence-corrected chi connectivity index (χ0v) is 16.5. The SMILES string of the molecule is CC(C)(C)OC(=O)N1CCC[C@H]1C(=O)Nc1cc(N2CCCCC2)ccn1. The second-order valence-corrected chi connectivity index (χ2v) is 8.27. The second-order valence-electron chi connectivity index (χ2n) is 8.27. The lowest BCUT2D eigenvalue weighted by Crippen LogP contribution is -2.45. The van der Waals surface area contributed by atoms with Crippen LogP contribution >= 0.6 is 0 Å². The Bertz CT molecular complexity index is 680. The van der Waals surface area contributed by atoms with E-state index >= 15 is 0 Å². The van der Waals surface area contributed by atoms with Gasteiger partial charge in [-0.2, -0.15) is 0 Å².